The van der Waals surface area contributed by atoms with Crippen LogP contribution in [0.15, 0.2) is 39.0 Å². The Bertz CT molecular complexity index is 693. The van der Waals surface area contributed by atoms with Crippen LogP contribution in [-0.4, -0.2) is 32.5 Å². The molecule has 1 amide bonds. The zero-order valence-electron chi connectivity index (χ0n) is 11.8. The SMILES string of the molecule is C=CCn1c(SCC(=O)NC2CC2)nnc1-c1ccc(Br)o1. The number of rotatable bonds is 7. The zero-order valence-corrected chi connectivity index (χ0v) is 14.2. The first-order chi connectivity index (χ1) is 10.7. The third kappa shape index (κ3) is 3.61. The Morgan fingerprint density at radius 1 is 1.55 bits per heavy atom. The first-order valence-corrected chi connectivity index (χ1v) is 8.67. The van der Waals surface area contributed by atoms with Crippen LogP contribution >= 0.6 is 27.7 Å². The number of nitrogens with zero attached hydrogens (tertiary/aromatic N) is 3. The summed E-state index contributed by atoms with van der Waals surface area (Å²) in [5.41, 5.74) is 0. The highest BCUT2D eigenvalue weighted by Gasteiger charge is 2.24. The molecule has 116 valence electrons. The minimum Gasteiger partial charge on any atom is -0.446 e. The Morgan fingerprint density at radius 3 is 3.00 bits per heavy atom. The van der Waals surface area contributed by atoms with E-state index in [0.717, 1.165) is 12.8 Å². The molecule has 6 nitrogen and oxygen atoms in total. The quantitative estimate of drug-likeness (QED) is 0.588. The van der Waals surface area contributed by atoms with Crippen molar-refractivity contribution in [2.75, 3.05) is 5.75 Å². The largest absolute Gasteiger partial charge is 0.446 e. The highest BCUT2D eigenvalue weighted by atomic mass is 79.9. The Balaban J connectivity index is 1.74. The van der Waals surface area contributed by atoms with Gasteiger partial charge in [-0.25, -0.2) is 0 Å². The summed E-state index contributed by atoms with van der Waals surface area (Å²) in [4.78, 5) is 11.8. The molecule has 2 heterocycles. The maximum Gasteiger partial charge on any atom is 0.230 e. The van der Waals surface area contributed by atoms with Gasteiger partial charge in [0, 0.05) is 12.6 Å². The molecule has 0 radical (unpaired) electrons. The minimum atomic E-state index is 0.0305. The zero-order chi connectivity index (χ0) is 15.5. The number of carbonyl (C=O) groups is 1. The molecular weight excluding hydrogens is 368 g/mol. The number of aromatic nitrogens is 3. The van der Waals surface area contributed by atoms with Crippen LogP contribution in [0.4, 0.5) is 0 Å². The summed E-state index contributed by atoms with van der Waals surface area (Å²) in [6, 6.07) is 4.00. The van der Waals surface area contributed by atoms with Crippen molar-refractivity contribution in [3.05, 3.63) is 29.5 Å². The van der Waals surface area contributed by atoms with E-state index < -0.39 is 0 Å². The first kappa shape index (κ1) is 15.4. The molecule has 0 saturated heterocycles. The number of furan rings is 1. The van der Waals surface area contributed by atoms with Crippen molar-refractivity contribution >= 4 is 33.6 Å². The summed E-state index contributed by atoms with van der Waals surface area (Å²) in [7, 11) is 0. The van der Waals surface area contributed by atoms with Gasteiger partial charge in [0.05, 0.1) is 5.75 Å². The van der Waals surface area contributed by atoms with Crippen LogP contribution in [0.3, 0.4) is 0 Å². The average molecular weight is 383 g/mol. The molecule has 1 fully saturated rings. The van der Waals surface area contributed by atoms with Crippen molar-refractivity contribution < 1.29 is 9.21 Å². The van der Waals surface area contributed by atoms with E-state index in [4.69, 9.17) is 4.42 Å². The molecule has 2 aromatic rings. The van der Waals surface area contributed by atoms with Crippen molar-refractivity contribution in [2.45, 2.75) is 30.6 Å². The van der Waals surface area contributed by atoms with Gasteiger partial charge < -0.3 is 9.73 Å². The van der Waals surface area contributed by atoms with Gasteiger partial charge in [-0.15, -0.1) is 16.8 Å². The number of hydrogen-bond acceptors (Lipinski definition) is 5. The standard InChI is InChI=1S/C14H15BrN4O2S/c1-2-7-19-13(10-5-6-11(15)21-10)17-18-14(19)22-8-12(20)16-9-3-4-9/h2,5-6,9H,1,3-4,7-8H2,(H,16,20). The van der Waals surface area contributed by atoms with E-state index in [1.165, 1.54) is 11.8 Å². The van der Waals surface area contributed by atoms with Crippen LogP contribution in [0.5, 0.6) is 0 Å². The van der Waals surface area contributed by atoms with E-state index in [1.807, 2.05) is 10.6 Å². The van der Waals surface area contributed by atoms with Crippen molar-refractivity contribution in [1.82, 2.24) is 20.1 Å². The summed E-state index contributed by atoms with van der Waals surface area (Å²) in [5, 5.41) is 12.0. The van der Waals surface area contributed by atoms with Crippen LogP contribution in [0, 0.1) is 0 Å². The number of thioether (sulfide) groups is 1. The van der Waals surface area contributed by atoms with Gasteiger partial charge in [0.25, 0.3) is 0 Å². The molecule has 1 saturated carbocycles. The van der Waals surface area contributed by atoms with Gasteiger partial charge in [-0.05, 0) is 40.9 Å². The summed E-state index contributed by atoms with van der Waals surface area (Å²) in [6.45, 7) is 4.30. The molecular formula is C14H15BrN4O2S. The normalized spacial score (nSPS) is 14.0. The van der Waals surface area contributed by atoms with E-state index in [0.29, 0.717) is 39.8 Å². The van der Waals surface area contributed by atoms with Crippen LogP contribution in [0.25, 0.3) is 11.6 Å². The molecule has 0 bridgehead atoms. The first-order valence-electron chi connectivity index (χ1n) is 6.89. The van der Waals surface area contributed by atoms with E-state index in [2.05, 4.69) is 38.0 Å². The Labute approximate surface area is 140 Å². The van der Waals surface area contributed by atoms with Crippen molar-refractivity contribution in [3.63, 3.8) is 0 Å². The summed E-state index contributed by atoms with van der Waals surface area (Å²) >= 11 is 4.64. The highest BCUT2D eigenvalue weighted by Crippen LogP contribution is 2.27. The lowest BCUT2D eigenvalue weighted by Crippen LogP contribution is -2.27. The predicted octanol–water partition coefficient (Wildman–Crippen LogP) is 2.86. The summed E-state index contributed by atoms with van der Waals surface area (Å²) in [6.07, 6.45) is 3.93. The molecule has 1 aliphatic rings. The van der Waals surface area contributed by atoms with E-state index in [-0.39, 0.29) is 5.91 Å². The van der Waals surface area contributed by atoms with Gasteiger partial charge in [-0.1, -0.05) is 17.8 Å². The van der Waals surface area contributed by atoms with E-state index in [1.54, 1.807) is 12.1 Å². The molecule has 0 aromatic carbocycles. The topological polar surface area (TPSA) is 73.0 Å². The second kappa shape index (κ2) is 6.70. The summed E-state index contributed by atoms with van der Waals surface area (Å²) < 4.78 is 8.04. The predicted molar refractivity (Wildman–Crippen MR) is 87.5 cm³/mol. The van der Waals surface area contributed by atoms with Crippen LogP contribution in [0.1, 0.15) is 12.8 Å². The maximum absolute atomic E-state index is 11.8. The number of halogens is 1. The Kier molecular flexibility index (Phi) is 4.68. The number of hydrogen-bond donors (Lipinski definition) is 1. The van der Waals surface area contributed by atoms with Crippen LogP contribution in [0.2, 0.25) is 0 Å². The third-order valence-electron chi connectivity index (χ3n) is 3.10. The number of nitrogens with one attached hydrogen (secondary N) is 1. The third-order valence-corrected chi connectivity index (χ3v) is 4.49. The molecule has 0 unspecified atom stereocenters. The van der Waals surface area contributed by atoms with Gasteiger partial charge >= 0.3 is 0 Å². The molecule has 3 rings (SSSR count). The fourth-order valence-corrected chi connectivity index (χ4v) is 3.00. The van der Waals surface area contributed by atoms with Gasteiger partial charge in [-0.3, -0.25) is 9.36 Å². The van der Waals surface area contributed by atoms with Gasteiger partial charge in [0.15, 0.2) is 15.6 Å². The average Bonchev–Trinajstić information content (AvgIpc) is 3.05. The lowest BCUT2D eigenvalue weighted by molar-refractivity contribution is -0.118. The maximum atomic E-state index is 11.8. The van der Waals surface area contributed by atoms with Gasteiger partial charge in [0.2, 0.25) is 11.7 Å². The smallest absolute Gasteiger partial charge is 0.230 e. The van der Waals surface area contributed by atoms with E-state index >= 15 is 0 Å². The summed E-state index contributed by atoms with van der Waals surface area (Å²) in [5.74, 6) is 1.60. The van der Waals surface area contributed by atoms with Gasteiger partial charge in [-0.2, -0.15) is 0 Å². The minimum absolute atomic E-state index is 0.0305. The monoisotopic (exact) mass is 382 g/mol. The Morgan fingerprint density at radius 2 is 2.36 bits per heavy atom. The van der Waals surface area contributed by atoms with Crippen molar-refractivity contribution in [2.24, 2.45) is 0 Å². The highest BCUT2D eigenvalue weighted by molar-refractivity contribution is 9.10. The molecule has 1 aliphatic carbocycles. The number of carbonyl (C=O) groups excluding carboxylic acids is 1. The molecule has 0 aliphatic heterocycles. The number of allylic oxidation sites excluding steroid dienone is 1. The lowest BCUT2D eigenvalue weighted by Gasteiger charge is -2.06. The van der Waals surface area contributed by atoms with Gasteiger partial charge in [0.1, 0.15) is 0 Å². The number of amides is 1. The van der Waals surface area contributed by atoms with Crippen LogP contribution < -0.4 is 5.32 Å². The lowest BCUT2D eigenvalue weighted by atomic mass is 10.4. The molecule has 0 atom stereocenters. The molecule has 1 N–H and O–H groups in total. The second-order valence-electron chi connectivity index (χ2n) is 4.94. The molecule has 22 heavy (non-hydrogen) atoms. The molecule has 0 spiro atoms. The Hall–Kier alpha value is -1.54. The second-order valence-corrected chi connectivity index (χ2v) is 6.66. The molecule has 8 heteroatoms. The van der Waals surface area contributed by atoms with Crippen molar-refractivity contribution in [1.29, 1.82) is 0 Å². The van der Waals surface area contributed by atoms with Crippen molar-refractivity contribution in [3.8, 4) is 11.6 Å². The van der Waals surface area contributed by atoms with E-state index in [9.17, 15) is 4.79 Å². The molecule has 2 aromatic heterocycles. The fraction of sp³-hybridized carbons (Fsp3) is 0.357. The van der Waals surface area contributed by atoms with Crippen LogP contribution in [-0.2, 0) is 11.3 Å². The fourth-order valence-electron chi connectivity index (χ4n) is 1.93.